The molecule has 2 aliphatic heterocycles. The van der Waals surface area contributed by atoms with E-state index in [0.717, 1.165) is 17.8 Å². The standard InChI is InChI=1S/C20H19FN2O3/c21-18-10-12(9-13(11-24)19(18)25)20(26)22-14-1-3-15(4-2-14)23-16-5-6-17(23)8-7-16/h1-4,9-11,16-17,25H,5-8H2,(H,22,26)/t16-,17+. The average Bonchev–Trinajstić information content (AvgIpc) is 3.25. The lowest BCUT2D eigenvalue weighted by atomic mass is 10.0. The number of aromatic hydroxyl groups is 1. The molecule has 0 atom stereocenters. The molecule has 0 aromatic heterocycles. The molecule has 0 spiro atoms. The molecule has 2 heterocycles. The van der Waals surface area contributed by atoms with Gasteiger partial charge >= 0.3 is 0 Å². The largest absolute Gasteiger partial charge is 0.504 e. The lowest BCUT2D eigenvalue weighted by Crippen LogP contribution is -2.27. The van der Waals surface area contributed by atoms with Crippen molar-refractivity contribution in [1.29, 1.82) is 0 Å². The van der Waals surface area contributed by atoms with Crippen LogP contribution in [0.25, 0.3) is 0 Å². The number of fused-ring (bicyclic) bond motifs is 2. The molecular formula is C20H19FN2O3. The summed E-state index contributed by atoms with van der Waals surface area (Å²) in [5.41, 5.74) is 1.47. The SMILES string of the molecule is O=Cc1cc(C(=O)Nc2ccc(N3[C@H]4CC[C@@H]3CC4)cc2)cc(F)c1O. The fourth-order valence-electron chi connectivity index (χ4n) is 4.10. The minimum atomic E-state index is -1.00. The summed E-state index contributed by atoms with van der Waals surface area (Å²) >= 11 is 0. The van der Waals surface area contributed by atoms with Gasteiger partial charge in [0.25, 0.3) is 5.91 Å². The van der Waals surface area contributed by atoms with Crippen molar-refractivity contribution in [3.05, 3.63) is 53.3 Å². The van der Waals surface area contributed by atoms with E-state index < -0.39 is 17.5 Å². The summed E-state index contributed by atoms with van der Waals surface area (Å²) in [5.74, 6) is -2.29. The molecule has 0 aliphatic carbocycles. The van der Waals surface area contributed by atoms with Gasteiger partial charge in [0.05, 0.1) is 5.56 Å². The Bertz CT molecular complexity index is 846. The van der Waals surface area contributed by atoms with Gasteiger partial charge < -0.3 is 15.3 Å². The van der Waals surface area contributed by atoms with E-state index in [2.05, 4.69) is 10.2 Å². The fraction of sp³-hybridized carbons (Fsp3) is 0.300. The molecule has 2 aromatic carbocycles. The number of halogens is 1. The van der Waals surface area contributed by atoms with Gasteiger partial charge in [-0.3, -0.25) is 9.59 Å². The third-order valence-electron chi connectivity index (χ3n) is 5.36. The summed E-state index contributed by atoms with van der Waals surface area (Å²) < 4.78 is 13.6. The van der Waals surface area contributed by atoms with E-state index in [-0.39, 0.29) is 11.1 Å². The topological polar surface area (TPSA) is 69.6 Å². The van der Waals surface area contributed by atoms with Crippen LogP contribution in [-0.4, -0.2) is 29.4 Å². The zero-order valence-electron chi connectivity index (χ0n) is 14.1. The minimum absolute atomic E-state index is 0.0240. The Labute approximate surface area is 150 Å². The number of phenolic OH excluding ortho intramolecular Hbond substituents is 1. The highest BCUT2D eigenvalue weighted by Crippen LogP contribution is 2.41. The molecule has 26 heavy (non-hydrogen) atoms. The first-order chi connectivity index (χ1) is 12.6. The van der Waals surface area contributed by atoms with Crippen LogP contribution in [0.4, 0.5) is 15.8 Å². The average molecular weight is 354 g/mol. The van der Waals surface area contributed by atoms with Gasteiger partial charge in [-0.05, 0) is 62.1 Å². The smallest absolute Gasteiger partial charge is 0.255 e. The van der Waals surface area contributed by atoms with Crippen LogP contribution >= 0.6 is 0 Å². The highest BCUT2D eigenvalue weighted by atomic mass is 19.1. The van der Waals surface area contributed by atoms with Gasteiger partial charge in [-0.15, -0.1) is 0 Å². The number of rotatable bonds is 4. The molecule has 6 heteroatoms. The van der Waals surface area contributed by atoms with Crippen molar-refractivity contribution in [2.75, 3.05) is 10.2 Å². The number of hydrogen-bond donors (Lipinski definition) is 2. The number of nitrogens with one attached hydrogen (secondary N) is 1. The van der Waals surface area contributed by atoms with Crippen LogP contribution in [0.15, 0.2) is 36.4 Å². The maximum absolute atomic E-state index is 13.6. The number of benzene rings is 2. The zero-order chi connectivity index (χ0) is 18.3. The Morgan fingerprint density at radius 2 is 1.73 bits per heavy atom. The van der Waals surface area contributed by atoms with Crippen LogP contribution in [0.1, 0.15) is 46.4 Å². The minimum Gasteiger partial charge on any atom is -0.504 e. The van der Waals surface area contributed by atoms with Gasteiger partial charge in [0.15, 0.2) is 17.9 Å². The molecule has 2 saturated heterocycles. The predicted octanol–water partition coefficient (Wildman–Crippen LogP) is 3.73. The van der Waals surface area contributed by atoms with Gasteiger partial charge in [-0.2, -0.15) is 0 Å². The Morgan fingerprint density at radius 3 is 2.31 bits per heavy atom. The summed E-state index contributed by atoms with van der Waals surface area (Å²) in [6, 6.07) is 10.9. The first kappa shape index (κ1) is 16.6. The van der Waals surface area contributed by atoms with Gasteiger partial charge in [-0.25, -0.2) is 4.39 Å². The van der Waals surface area contributed by atoms with Crippen molar-refractivity contribution in [1.82, 2.24) is 0 Å². The van der Waals surface area contributed by atoms with Crippen LogP contribution in [0.2, 0.25) is 0 Å². The predicted molar refractivity (Wildman–Crippen MR) is 96.4 cm³/mol. The number of carbonyl (C=O) groups excluding carboxylic acids is 2. The number of phenols is 1. The van der Waals surface area contributed by atoms with Crippen molar-refractivity contribution in [2.24, 2.45) is 0 Å². The Balaban J connectivity index is 1.50. The molecule has 0 unspecified atom stereocenters. The number of nitrogens with zero attached hydrogens (tertiary/aromatic N) is 1. The van der Waals surface area contributed by atoms with Crippen LogP contribution in [-0.2, 0) is 0 Å². The Morgan fingerprint density at radius 1 is 1.12 bits per heavy atom. The summed E-state index contributed by atoms with van der Waals surface area (Å²) in [7, 11) is 0. The molecule has 2 aromatic rings. The summed E-state index contributed by atoms with van der Waals surface area (Å²) in [4.78, 5) is 25.7. The van der Waals surface area contributed by atoms with Crippen LogP contribution < -0.4 is 10.2 Å². The fourth-order valence-corrected chi connectivity index (χ4v) is 4.10. The van der Waals surface area contributed by atoms with Crippen molar-refractivity contribution in [3.8, 4) is 5.75 Å². The molecule has 134 valence electrons. The van der Waals surface area contributed by atoms with E-state index >= 15 is 0 Å². The van der Waals surface area contributed by atoms with E-state index in [0.29, 0.717) is 24.1 Å². The van der Waals surface area contributed by atoms with Crippen LogP contribution in [0.3, 0.4) is 0 Å². The first-order valence-electron chi connectivity index (χ1n) is 8.74. The lowest BCUT2D eigenvalue weighted by molar-refractivity contribution is 0.102. The highest BCUT2D eigenvalue weighted by molar-refractivity contribution is 6.05. The number of anilines is 2. The lowest BCUT2D eigenvalue weighted by Gasteiger charge is -2.24. The maximum atomic E-state index is 13.6. The summed E-state index contributed by atoms with van der Waals surface area (Å²) in [6.45, 7) is 0. The first-order valence-corrected chi connectivity index (χ1v) is 8.74. The van der Waals surface area contributed by atoms with E-state index in [1.807, 2.05) is 24.3 Å². The van der Waals surface area contributed by atoms with E-state index in [4.69, 9.17) is 0 Å². The van der Waals surface area contributed by atoms with Gasteiger partial charge in [0.2, 0.25) is 0 Å². The second kappa shape index (κ2) is 6.44. The van der Waals surface area contributed by atoms with E-state index in [1.54, 1.807) is 0 Å². The van der Waals surface area contributed by atoms with Gasteiger partial charge in [0.1, 0.15) is 0 Å². The second-order valence-corrected chi connectivity index (χ2v) is 6.88. The van der Waals surface area contributed by atoms with E-state index in [9.17, 15) is 19.1 Å². The number of aldehydes is 1. The molecule has 0 radical (unpaired) electrons. The monoisotopic (exact) mass is 354 g/mol. The highest BCUT2D eigenvalue weighted by Gasteiger charge is 2.39. The maximum Gasteiger partial charge on any atom is 0.255 e. The third kappa shape index (κ3) is 2.81. The van der Waals surface area contributed by atoms with Gasteiger partial charge in [-0.1, -0.05) is 0 Å². The molecule has 5 nitrogen and oxygen atoms in total. The van der Waals surface area contributed by atoms with E-state index in [1.165, 1.54) is 25.7 Å². The van der Waals surface area contributed by atoms with Crippen LogP contribution in [0.5, 0.6) is 5.75 Å². The molecule has 2 aliphatic rings. The Kier molecular flexibility index (Phi) is 4.11. The number of amides is 1. The molecule has 2 N–H and O–H groups in total. The van der Waals surface area contributed by atoms with Crippen molar-refractivity contribution in [2.45, 2.75) is 37.8 Å². The summed E-state index contributed by atoms with van der Waals surface area (Å²) in [6.07, 6.45) is 5.29. The van der Waals surface area contributed by atoms with Crippen molar-refractivity contribution >= 4 is 23.6 Å². The molecule has 4 rings (SSSR count). The van der Waals surface area contributed by atoms with Crippen LogP contribution in [0, 0.1) is 5.82 Å². The molecule has 2 fully saturated rings. The third-order valence-corrected chi connectivity index (χ3v) is 5.36. The molecule has 2 bridgehead atoms. The molecule has 1 amide bonds. The Hall–Kier alpha value is -2.89. The van der Waals surface area contributed by atoms with Crippen molar-refractivity contribution < 1.29 is 19.1 Å². The number of carbonyl (C=O) groups is 2. The quantitative estimate of drug-likeness (QED) is 0.821. The number of hydrogen-bond acceptors (Lipinski definition) is 4. The zero-order valence-corrected chi connectivity index (χ0v) is 14.1. The van der Waals surface area contributed by atoms with Crippen molar-refractivity contribution in [3.63, 3.8) is 0 Å². The molecule has 0 saturated carbocycles. The normalized spacial score (nSPS) is 21.0. The van der Waals surface area contributed by atoms with Gasteiger partial charge in [0, 0.05) is 29.0 Å². The molecular weight excluding hydrogens is 335 g/mol. The second-order valence-electron chi connectivity index (χ2n) is 6.88. The summed E-state index contributed by atoms with van der Waals surface area (Å²) in [5, 5.41) is 12.1.